The highest BCUT2D eigenvalue weighted by molar-refractivity contribution is 7.89. The van der Waals surface area contributed by atoms with E-state index in [9.17, 15) is 18.0 Å². The zero-order valence-electron chi connectivity index (χ0n) is 13.4. The lowest BCUT2D eigenvalue weighted by Crippen LogP contribution is -2.35. The van der Waals surface area contributed by atoms with Gasteiger partial charge in [-0.15, -0.1) is 0 Å². The summed E-state index contributed by atoms with van der Waals surface area (Å²) >= 11 is 0. The predicted octanol–water partition coefficient (Wildman–Crippen LogP) is 1.91. The molecular weight excluding hydrogens is 344 g/mol. The molecule has 8 heteroatoms. The second kappa shape index (κ2) is 6.81. The van der Waals surface area contributed by atoms with E-state index >= 15 is 0 Å². The highest BCUT2D eigenvalue weighted by Crippen LogP contribution is 2.23. The first-order valence-electron chi connectivity index (χ1n) is 7.96. The van der Waals surface area contributed by atoms with Crippen LogP contribution in [-0.4, -0.2) is 41.9 Å². The van der Waals surface area contributed by atoms with Gasteiger partial charge in [0.2, 0.25) is 10.0 Å². The predicted molar refractivity (Wildman–Crippen MR) is 92.1 cm³/mol. The number of nitrogens with one attached hydrogen (secondary N) is 1. The van der Waals surface area contributed by atoms with E-state index in [0.29, 0.717) is 18.7 Å². The second-order valence-corrected chi connectivity index (χ2v) is 7.86. The van der Waals surface area contributed by atoms with Crippen molar-refractivity contribution in [1.29, 1.82) is 0 Å². The molecule has 1 fully saturated rings. The number of rotatable bonds is 4. The average molecular weight is 362 g/mol. The summed E-state index contributed by atoms with van der Waals surface area (Å²) in [6.45, 7) is 1.04. The molecule has 132 valence electrons. The highest BCUT2D eigenvalue weighted by atomic mass is 32.2. The van der Waals surface area contributed by atoms with Gasteiger partial charge in [-0.25, -0.2) is 13.2 Å². The number of piperidine rings is 1. The summed E-state index contributed by atoms with van der Waals surface area (Å²) in [7, 11) is -3.54. The molecule has 0 bridgehead atoms. The maximum Gasteiger partial charge on any atom is 0.337 e. The summed E-state index contributed by atoms with van der Waals surface area (Å²) in [6.07, 6.45) is 3.88. The zero-order chi connectivity index (χ0) is 18.0. The van der Waals surface area contributed by atoms with Crippen molar-refractivity contribution in [3.8, 4) is 11.1 Å². The minimum absolute atomic E-state index is 0.0420. The highest BCUT2D eigenvalue weighted by Gasteiger charge is 2.25. The summed E-state index contributed by atoms with van der Waals surface area (Å²) < 4.78 is 26.7. The first-order valence-corrected chi connectivity index (χ1v) is 9.40. The molecule has 25 heavy (non-hydrogen) atoms. The Kier molecular flexibility index (Phi) is 4.73. The van der Waals surface area contributed by atoms with Crippen LogP contribution >= 0.6 is 0 Å². The first-order chi connectivity index (χ1) is 11.9. The monoisotopic (exact) mass is 362 g/mol. The lowest BCUT2D eigenvalue weighted by molar-refractivity contribution is 0.0696. The van der Waals surface area contributed by atoms with Crippen LogP contribution < -0.4 is 5.56 Å². The SMILES string of the molecule is O=C(O)c1c[nH]c(=O)c(-c2ccc(S(=O)(=O)N3CCCCC3)cc2)c1. The number of carbonyl (C=O) groups is 1. The van der Waals surface area contributed by atoms with Crippen LogP contribution in [0.3, 0.4) is 0 Å². The minimum Gasteiger partial charge on any atom is -0.478 e. The first kappa shape index (κ1) is 17.4. The van der Waals surface area contributed by atoms with E-state index in [1.54, 1.807) is 0 Å². The molecular formula is C17H18N2O5S. The fourth-order valence-corrected chi connectivity index (χ4v) is 4.40. The molecule has 1 aromatic heterocycles. The van der Waals surface area contributed by atoms with Gasteiger partial charge in [0.1, 0.15) is 0 Å². The van der Waals surface area contributed by atoms with Crippen LogP contribution in [0.2, 0.25) is 0 Å². The standard InChI is InChI=1S/C17H18N2O5S/c20-16-15(10-13(11-18-16)17(21)22)12-4-6-14(7-5-12)25(23,24)19-8-2-1-3-9-19/h4-7,10-11H,1-3,8-9H2,(H,18,20)(H,21,22). The number of aromatic carboxylic acids is 1. The molecule has 0 atom stereocenters. The van der Waals surface area contributed by atoms with Crippen molar-refractivity contribution in [3.05, 3.63) is 52.4 Å². The second-order valence-electron chi connectivity index (χ2n) is 5.93. The lowest BCUT2D eigenvalue weighted by atomic mass is 10.1. The van der Waals surface area contributed by atoms with Crippen LogP contribution in [0.25, 0.3) is 11.1 Å². The van der Waals surface area contributed by atoms with Crippen LogP contribution in [0.15, 0.2) is 46.2 Å². The smallest absolute Gasteiger partial charge is 0.337 e. The third-order valence-corrected chi connectivity index (χ3v) is 6.18. The topological polar surface area (TPSA) is 108 Å². The maximum absolute atomic E-state index is 12.6. The summed E-state index contributed by atoms with van der Waals surface area (Å²) in [5.74, 6) is -1.15. The van der Waals surface area contributed by atoms with E-state index in [4.69, 9.17) is 5.11 Å². The van der Waals surface area contributed by atoms with Crippen molar-refractivity contribution < 1.29 is 18.3 Å². The van der Waals surface area contributed by atoms with Gasteiger partial charge < -0.3 is 10.1 Å². The number of sulfonamides is 1. The van der Waals surface area contributed by atoms with Crippen molar-refractivity contribution >= 4 is 16.0 Å². The van der Waals surface area contributed by atoms with Crippen molar-refractivity contribution in [2.24, 2.45) is 0 Å². The van der Waals surface area contributed by atoms with Crippen molar-refractivity contribution in [1.82, 2.24) is 9.29 Å². The molecule has 7 nitrogen and oxygen atoms in total. The lowest BCUT2D eigenvalue weighted by Gasteiger charge is -2.25. The van der Waals surface area contributed by atoms with Crippen molar-refractivity contribution in [2.75, 3.05) is 13.1 Å². The molecule has 2 N–H and O–H groups in total. The van der Waals surface area contributed by atoms with E-state index in [0.717, 1.165) is 25.5 Å². The van der Waals surface area contributed by atoms with Gasteiger partial charge in [-0.3, -0.25) is 4.79 Å². The number of nitrogens with zero attached hydrogens (tertiary/aromatic N) is 1. The van der Waals surface area contributed by atoms with Crippen LogP contribution in [0.5, 0.6) is 0 Å². The third kappa shape index (κ3) is 3.49. The van der Waals surface area contributed by atoms with Gasteiger partial charge >= 0.3 is 5.97 Å². The largest absolute Gasteiger partial charge is 0.478 e. The molecule has 0 amide bonds. The van der Waals surface area contributed by atoms with Gasteiger partial charge in [-0.2, -0.15) is 4.31 Å². The van der Waals surface area contributed by atoms with Gasteiger partial charge in [-0.1, -0.05) is 18.6 Å². The van der Waals surface area contributed by atoms with Crippen molar-refractivity contribution in [2.45, 2.75) is 24.2 Å². The molecule has 1 aliphatic heterocycles. The average Bonchev–Trinajstić information content (AvgIpc) is 2.63. The molecule has 0 saturated carbocycles. The van der Waals surface area contributed by atoms with Crippen LogP contribution in [0.4, 0.5) is 0 Å². The summed E-state index contributed by atoms with van der Waals surface area (Å²) in [5, 5.41) is 9.04. The van der Waals surface area contributed by atoms with E-state index in [1.807, 2.05) is 0 Å². The minimum atomic E-state index is -3.54. The van der Waals surface area contributed by atoms with Gasteiger partial charge in [0.05, 0.1) is 10.5 Å². The molecule has 0 aliphatic carbocycles. The van der Waals surface area contributed by atoms with Gasteiger partial charge in [-0.05, 0) is 36.6 Å². The number of aromatic amines is 1. The Labute approximate surface area is 145 Å². The van der Waals surface area contributed by atoms with Crippen LogP contribution in [-0.2, 0) is 10.0 Å². The third-order valence-electron chi connectivity index (χ3n) is 4.27. The van der Waals surface area contributed by atoms with Gasteiger partial charge in [0.15, 0.2) is 0 Å². The Balaban J connectivity index is 1.94. The quantitative estimate of drug-likeness (QED) is 0.864. The van der Waals surface area contributed by atoms with E-state index < -0.39 is 21.6 Å². The molecule has 0 unspecified atom stereocenters. The molecule has 1 aliphatic rings. The number of carboxylic acid groups (broad SMARTS) is 1. The molecule has 2 heterocycles. The Bertz CT molecular complexity index is 942. The molecule has 3 rings (SSSR count). The number of pyridine rings is 1. The van der Waals surface area contributed by atoms with E-state index in [2.05, 4.69) is 4.98 Å². The van der Waals surface area contributed by atoms with E-state index in [1.165, 1.54) is 34.6 Å². The summed E-state index contributed by atoms with van der Waals surface area (Å²) in [4.78, 5) is 25.6. The van der Waals surface area contributed by atoms with Crippen LogP contribution in [0, 0.1) is 0 Å². The molecule has 0 radical (unpaired) electrons. The number of hydrogen-bond donors (Lipinski definition) is 2. The summed E-state index contributed by atoms with van der Waals surface area (Å²) in [5.41, 5.74) is 0.167. The Hall–Kier alpha value is -2.45. The molecule has 1 aromatic carbocycles. The Morgan fingerprint density at radius 2 is 1.72 bits per heavy atom. The number of aromatic nitrogens is 1. The number of benzene rings is 1. The van der Waals surface area contributed by atoms with Gasteiger partial charge in [0, 0.05) is 24.8 Å². The number of carboxylic acids is 1. The molecule has 0 spiro atoms. The fraction of sp³-hybridized carbons (Fsp3) is 0.294. The fourth-order valence-electron chi connectivity index (χ4n) is 2.88. The van der Waals surface area contributed by atoms with E-state index in [-0.39, 0.29) is 16.0 Å². The van der Waals surface area contributed by atoms with Crippen LogP contribution in [0.1, 0.15) is 29.6 Å². The number of H-pyrrole nitrogens is 1. The zero-order valence-corrected chi connectivity index (χ0v) is 14.3. The molecule has 1 saturated heterocycles. The normalized spacial score (nSPS) is 15.8. The Morgan fingerprint density at radius 3 is 2.32 bits per heavy atom. The molecule has 2 aromatic rings. The summed E-state index contributed by atoms with van der Waals surface area (Å²) in [6, 6.07) is 7.22. The Morgan fingerprint density at radius 1 is 1.08 bits per heavy atom. The number of hydrogen-bond acceptors (Lipinski definition) is 4. The maximum atomic E-state index is 12.6. The van der Waals surface area contributed by atoms with Crippen molar-refractivity contribution in [3.63, 3.8) is 0 Å². The van der Waals surface area contributed by atoms with Gasteiger partial charge in [0.25, 0.3) is 5.56 Å².